The highest BCUT2D eigenvalue weighted by molar-refractivity contribution is 8.13. The zero-order valence-corrected chi connectivity index (χ0v) is 14.7. The van der Waals surface area contributed by atoms with Gasteiger partial charge in [-0.1, -0.05) is 24.6 Å². The number of nitro benzene ring substituents is 1. The van der Waals surface area contributed by atoms with Gasteiger partial charge >= 0.3 is 0 Å². The van der Waals surface area contributed by atoms with Crippen LogP contribution in [0.2, 0.25) is 0 Å². The van der Waals surface area contributed by atoms with E-state index in [0.29, 0.717) is 34.9 Å². The standard InChI is InChI=1S/C15H19N3O4S.ClH/c16-15(17-12-3-1-2-4-12)23-8-11-6-13(18(19)20)5-10-7-21-9-22-14(10)11;/h5-6,12H,1-4,7-9H2,(H2,16,17);1H. The molecule has 1 aliphatic heterocycles. The highest BCUT2D eigenvalue weighted by atomic mass is 35.5. The molecule has 0 unspecified atom stereocenters. The van der Waals surface area contributed by atoms with Crippen LogP contribution in [0.1, 0.15) is 36.8 Å². The number of nitro groups is 1. The molecule has 7 nitrogen and oxygen atoms in total. The molecule has 2 aliphatic rings. The number of thioether (sulfide) groups is 1. The number of rotatable bonds is 4. The predicted molar refractivity (Wildman–Crippen MR) is 95.8 cm³/mol. The molecule has 3 rings (SSSR count). The summed E-state index contributed by atoms with van der Waals surface area (Å²) >= 11 is 1.39. The van der Waals surface area contributed by atoms with Crippen LogP contribution < -0.4 is 10.5 Å². The molecule has 1 fully saturated rings. The minimum Gasteiger partial charge on any atom is -0.467 e. The molecule has 1 aliphatic carbocycles. The van der Waals surface area contributed by atoms with Gasteiger partial charge in [0.15, 0.2) is 12.0 Å². The minimum atomic E-state index is -0.404. The zero-order valence-electron chi connectivity index (χ0n) is 13.1. The molecule has 2 N–H and O–H groups in total. The van der Waals surface area contributed by atoms with E-state index in [2.05, 4.69) is 4.99 Å². The lowest BCUT2D eigenvalue weighted by molar-refractivity contribution is -0.385. The van der Waals surface area contributed by atoms with Gasteiger partial charge in [-0.25, -0.2) is 0 Å². The minimum absolute atomic E-state index is 0. The lowest BCUT2D eigenvalue weighted by atomic mass is 10.1. The Labute approximate surface area is 150 Å². The van der Waals surface area contributed by atoms with Crippen LogP contribution >= 0.6 is 24.2 Å². The molecule has 0 amide bonds. The summed E-state index contributed by atoms with van der Waals surface area (Å²) in [6.07, 6.45) is 4.60. The summed E-state index contributed by atoms with van der Waals surface area (Å²) < 4.78 is 10.7. The Hall–Kier alpha value is -1.51. The third-order valence-electron chi connectivity index (χ3n) is 3.99. The fourth-order valence-corrected chi connectivity index (χ4v) is 3.64. The molecule has 1 aromatic rings. The molecule has 1 heterocycles. The van der Waals surface area contributed by atoms with Crippen molar-refractivity contribution in [2.45, 2.75) is 44.1 Å². The maximum absolute atomic E-state index is 11.1. The van der Waals surface area contributed by atoms with E-state index in [1.165, 1.54) is 30.7 Å². The molecule has 132 valence electrons. The summed E-state index contributed by atoms with van der Waals surface area (Å²) in [5.41, 5.74) is 7.49. The Morgan fingerprint density at radius 2 is 2.17 bits per heavy atom. The fourth-order valence-electron chi connectivity index (χ4n) is 2.90. The van der Waals surface area contributed by atoms with Crippen molar-refractivity contribution in [1.29, 1.82) is 0 Å². The van der Waals surface area contributed by atoms with Crippen LogP contribution in [0, 0.1) is 10.1 Å². The smallest absolute Gasteiger partial charge is 0.270 e. The summed E-state index contributed by atoms with van der Waals surface area (Å²) in [6, 6.07) is 3.37. The van der Waals surface area contributed by atoms with Crippen molar-refractivity contribution in [3.63, 3.8) is 0 Å². The number of nitrogens with zero attached hydrogens (tertiary/aromatic N) is 2. The van der Waals surface area contributed by atoms with E-state index in [-0.39, 0.29) is 24.9 Å². The first-order valence-corrected chi connectivity index (χ1v) is 8.59. The molecule has 1 saturated carbocycles. The Morgan fingerprint density at radius 1 is 1.42 bits per heavy atom. The van der Waals surface area contributed by atoms with Gasteiger partial charge in [0, 0.05) is 29.0 Å². The molecule has 0 radical (unpaired) electrons. The van der Waals surface area contributed by atoms with Crippen LogP contribution in [-0.4, -0.2) is 22.9 Å². The van der Waals surface area contributed by atoms with Crippen LogP contribution in [0.3, 0.4) is 0 Å². The first-order valence-electron chi connectivity index (χ1n) is 7.60. The summed E-state index contributed by atoms with van der Waals surface area (Å²) in [5.74, 6) is 1.16. The highest BCUT2D eigenvalue weighted by Crippen LogP contribution is 2.35. The van der Waals surface area contributed by atoms with Gasteiger partial charge in [-0.05, 0) is 12.8 Å². The molecule has 0 aromatic heterocycles. The first-order chi connectivity index (χ1) is 11.1. The van der Waals surface area contributed by atoms with Crippen molar-refractivity contribution in [1.82, 2.24) is 0 Å². The second-order valence-corrected chi connectivity index (χ2v) is 6.65. The van der Waals surface area contributed by atoms with E-state index in [0.717, 1.165) is 18.4 Å². The molecule has 0 saturated heterocycles. The molecule has 9 heteroatoms. The van der Waals surface area contributed by atoms with Gasteiger partial charge < -0.3 is 15.2 Å². The number of aliphatic imine (C=N–C) groups is 1. The van der Waals surface area contributed by atoms with Crippen molar-refractivity contribution in [2.24, 2.45) is 10.7 Å². The van der Waals surface area contributed by atoms with Crippen molar-refractivity contribution in [3.05, 3.63) is 33.4 Å². The molecular weight excluding hydrogens is 354 g/mol. The third kappa shape index (κ3) is 4.52. The number of hydrogen-bond acceptors (Lipinski definition) is 6. The number of hydrogen-bond donors (Lipinski definition) is 1. The van der Waals surface area contributed by atoms with Crippen LogP contribution in [-0.2, 0) is 17.1 Å². The fraction of sp³-hybridized carbons (Fsp3) is 0.533. The van der Waals surface area contributed by atoms with Crippen molar-refractivity contribution < 1.29 is 14.4 Å². The molecule has 0 atom stereocenters. The Bertz CT molecular complexity index is 635. The van der Waals surface area contributed by atoms with Gasteiger partial charge in [-0.15, -0.1) is 12.4 Å². The monoisotopic (exact) mass is 373 g/mol. The van der Waals surface area contributed by atoms with Gasteiger partial charge in [0.05, 0.1) is 17.6 Å². The van der Waals surface area contributed by atoms with Crippen LogP contribution in [0.15, 0.2) is 17.1 Å². The predicted octanol–water partition coefficient (Wildman–Crippen LogP) is 3.37. The topological polar surface area (TPSA) is 100.0 Å². The van der Waals surface area contributed by atoms with E-state index in [4.69, 9.17) is 15.2 Å². The highest BCUT2D eigenvalue weighted by Gasteiger charge is 2.21. The number of non-ortho nitro benzene ring substituents is 1. The first kappa shape index (κ1) is 18.8. The summed E-state index contributed by atoms with van der Waals surface area (Å²) in [4.78, 5) is 15.2. The van der Waals surface area contributed by atoms with Crippen LogP contribution in [0.4, 0.5) is 5.69 Å². The van der Waals surface area contributed by atoms with Crippen LogP contribution in [0.25, 0.3) is 0 Å². The van der Waals surface area contributed by atoms with E-state index in [1.807, 2.05) is 0 Å². The second kappa shape index (κ2) is 8.55. The van der Waals surface area contributed by atoms with Gasteiger partial charge in [0.2, 0.25) is 0 Å². The molecular formula is C15H20ClN3O4S. The van der Waals surface area contributed by atoms with Crippen molar-refractivity contribution in [3.8, 4) is 5.75 Å². The number of benzene rings is 1. The number of amidine groups is 1. The average molecular weight is 374 g/mol. The number of ether oxygens (including phenoxy) is 2. The lowest BCUT2D eigenvalue weighted by Gasteiger charge is -2.20. The molecule has 1 aromatic carbocycles. The maximum atomic E-state index is 11.1. The number of fused-ring (bicyclic) bond motifs is 1. The van der Waals surface area contributed by atoms with Gasteiger partial charge in [0.1, 0.15) is 5.75 Å². The SMILES string of the molecule is Cl.NC(=NC1CCCC1)SCc1cc([N+](=O)[O-])cc2c1OCOC2. The average Bonchev–Trinajstić information content (AvgIpc) is 3.05. The Kier molecular flexibility index (Phi) is 6.70. The maximum Gasteiger partial charge on any atom is 0.270 e. The zero-order chi connectivity index (χ0) is 16.2. The molecule has 0 bridgehead atoms. The summed E-state index contributed by atoms with van der Waals surface area (Å²) in [6.45, 7) is 0.481. The summed E-state index contributed by atoms with van der Waals surface area (Å²) in [5, 5.41) is 11.6. The lowest BCUT2D eigenvalue weighted by Crippen LogP contribution is -2.15. The van der Waals surface area contributed by atoms with E-state index >= 15 is 0 Å². The van der Waals surface area contributed by atoms with Gasteiger partial charge in [-0.3, -0.25) is 15.1 Å². The number of halogens is 1. The van der Waals surface area contributed by atoms with Crippen molar-refractivity contribution in [2.75, 3.05) is 6.79 Å². The largest absolute Gasteiger partial charge is 0.467 e. The van der Waals surface area contributed by atoms with Gasteiger partial charge in [0.25, 0.3) is 5.69 Å². The van der Waals surface area contributed by atoms with Crippen molar-refractivity contribution >= 4 is 35.0 Å². The van der Waals surface area contributed by atoms with E-state index in [9.17, 15) is 10.1 Å². The van der Waals surface area contributed by atoms with E-state index < -0.39 is 4.92 Å². The Balaban J connectivity index is 0.00000208. The van der Waals surface area contributed by atoms with E-state index in [1.54, 1.807) is 6.07 Å². The Morgan fingerprint density at radius 3 is 2.88 bits per heavy atom. The number of nitrogens with two attached hydrogens (primary N) is 1. The quantitative estimate of drug-likeness (QED) is 0.376. The molecule has 24 heavy (non-hydrogen) atoms. The van der Waals surface area contributed by atoms with Gasteiger partial charge in [-0.2, -0.15) is 0 Å². The third-order valence-corrected chi connectivity index (χ3v) is 4.85. The second-order valence-electron chi connectivity index (χ2n) is 5.66. The summed E-state index contributed by atoms with van der Waals surface area (Å²) in [7, 11) is 0. The normalized spacial score (nSPS) is 17.8. The van der Waals surface area contributed by atoms with Crippen LogP contribution in [0.5, 0.6) is 5.75 Å². The molecule has 0 spiro atoms.